The number of aryl methyl sites for hydroxylation is 2. The number of halogens is 1. The highest BCUT2D eigenvalue weighted by Gasteiger charge is 2.30. The van der Waals surface area contributed by atoms with Crippen molar-refractivity contribution in [2.75, 3.05) is 0 Å². The minimum atomic E-state index is -0.0729. The molecule has 0 spiro atoms. The monoisotopic (exact) mass is 308 g/mol. The van der Waals surface area contributed by atoms with E-state index in [1.54, 1.807) is 0 Å². The number of imidazole rings is 1. The zero-order chi connectivity index (χ0) is 15.1. The number of nitrogens with zero attached hydrogens (tertiary/aromatic N) is 4. The van der Waals surface area contributed by atoms with Crippen LogP contribution >= 0.6 is 11.6 Å². The lowest BCUT2D eigenvalue weighted by Crippen LogP contribution is -2.24. The lowest BCUT2D eigenvalue weighted by Gasteiger charge is -2.31. The molecule has 0 saturated heterocycles. The van der Waals surface area contributed by atoms with Gasteiger partial charge in [-0.2, -0.15) is 5.10 Å². The second-order valence-corrected chi connectivity index (χ2v) is 7.04. The predicted molar refractivity (Wildman–Crippen MR) is 86.8 cm³/mol. The van der Waals surface area contributed by atoms with Gasteiger partial charge in [0.1, 0.15) is 11.3 Å². The summed E-state index contributed by atoms with van der Waals surface area (Å²) in [6.45, 7) is 6.51. The largest absolute Gasteiger partial charge is 0.308 e. The van der Waals surface area contributed by atoms with Gasteiger partial charge in [0.25, 0.3) is 0 Å². The van der Waals surface area contributed by atoms with Gasteiger partial charge in [-0.1, -0.05) is 26.7 Å². The van der Waals surface area contributed by atoms with Crippen molar-refractivity contribution in [1.29, 1.82) is 0 Å². The molecule has 5 heteroatoms. The normalized spacial score (nSPS) is 24.6. The molecular weight excluding hydrogens is 284 g/mol. The van der Waals surface area contributed by atoms with Crippen LogP contribution in [0.25, 0.3) is 11.2 Å². The summed E-state index contributed by atoms with van der Waals surface area (Å²) >= 11 is 6.44. The quantitative estimate of drug-likeness (QED) is 0.789. The molecule has 0 radical (unpaired) electrons. The zero-order valence-electron chi connectivity index (χ0n) is 13.4. The number of rotatable bonds is 3. The number of hydrogen-bond acceptors (Lipinski definition) is 2. The van der Waals surface area contributed by atoms with E-state index in [4.69, 9.17) is 16.6 Å². The van der Waals surface area contributed by atoms with Crippen molar-refractivity contribution >= 4 is 22.8 Å². The van der Waals surface area contributed by atoms with E-state index in [-0.39, 0.29) is 5.38 Å². The second kappa shape index (κ2) is 5.64. The maximum absolute atomic E-state index is 6.44. The summed E-state index contributed by atoms with van der Waals surface area (Å²) in [5.74, 6) is 1.68. The topological polar surface area (TPSA) is 35.6 Å². The van der Waals surface area contributed by atoms with Crippen LogP contribution in [0.1, 0.15) is 69.4 Å². The van der Waals surface area contributed by atoms with Crippen molar-refractivity contribution in [1.82, 2.24) is 19.3 Å². The number of fused-ring (bicyclic) bond motifs is 1. The molecule has 116 valence electrons. The molecular formula is C16H25ClN4. The lowest BCUT2D eigenvalue weighted by atomic mass is 9.85. The summed E-state index contributed by atoms with van der Waals surface area (Å²) in [6, 6.07) is 0.500. The Kier molecular flexibility index (Phi) is 4.00. The molecule has 2 heterocycles. The average Bonchev–Trinajstić information content (AvgIpc) is 2.98. The third-order valence-corrected chi connectivity index (χ3v) is 5.05. The smallest absolute Gasteiger partial charge is 0.158 e. The van der Waals surface area contributed by atoms with Gasteiger partial charge in [0.2, 0.25) is 0 Å². The van der Waals surface area contributed by atoms with Crippen molar-refractivity contribution < 1.29 is 0 Å². The van der Waals surface area contributed by atoms with E-state index >= 15 is 0 Å². The Balaban J connectivity index is 2.22. The van der Waals surface area contributed by atoms with E-state index in [1.165, 1.54) is 25.7 Å². The van der Waals surface area contributed by atoms with Gasteiger partial charge in [0, 0.05) is 13.1 Å². The standard InChI is InChI=1S/C16H25ClN4/c1-5-12-14-16(20(4)19-12)21(15(18-14)11(3)17)13-9-7-6-8-10(13)2/h10-11,13H,5-9H2,1-4H3. The van der Waals surface area contributed by atoms with Crippen molar-refractivity contribution in [3.8, 4) is 0 Å². The molecule has 0 N–H and O–H groups in total. The van der Waals surface area contributed by atoms with E-state index in [0.717, 1.165) is 29.1 Å². The van der Waals surface area contributed by atoms with E-state index in [0.29, 0.717) is 12.0 Å². The molecule has 1 saturated carbocycles. The fourth-order valence-corrected chi connectivity index (χ4v) is 3.90. The molecule has 0 aromatic carbocycles. The van der Waals surface area contributed by atoms with Crippen LogP contribution in [0.3, 0.4) is 0 Å². The Labute approximate surface area is 131 Å². The van der Waals surface area contributed by atoms with Gasteiger partial charge in [-0.25, -0.2) is 4.98 Å². The molecule has 0 bridgehead atoms. The van der Waals surface area contributed by atoms with Crippen LogP contribution in [-0.2, 0) is 13.5 Å². The highest BCUT2D eigenvalue weighted by atomic mass is 35.5. The molecule has 1 fully saturated rings. The molecule has 3 rings (SSSR count). The van der Waals surface area contributed by atoms with Crippen LogP contribution in [0.5, 0.6) is 0 Å². The SMILES string of the molecule is CCc1nn(C)c2c1nc(C(C)Cl)n2C1CCCCC1C. The molecule has 1 aliphatic carbocycles. The summed E-state index contributed by atoms with van der Waals surface area (Å²) in [4.78, 5) is 4.86. The molecule has 4 nitrogen and oxygen atoms in total. The summed E-state index contributed by atoms with van der Waals surface area (Å²) in [5, 5.41) is 4.57. The van der Waals surface area contributed by atoms with Gasteiger partial charge in [0.15, 0.2) is 5.65 Å². The number of aromatic nitrogens is 4. The Hall–Kier alpha value is -1.03. The van der Waals surface area contributed by atoms with Gasteiger partial charge in [0.05, 0.1) is 11.1 Å². The van der Waals surface area contributed by atoms with Crippen LogP contribution in [0.15, 0.2) is 0 Å². The van der Waals surface area contributed by atoms with Crippen molar-refractivity contribution in [3.05, 3.63) is 11.5 Å². The third kappa shape index (κ3) is 2.37. The van der Waals surface area contributed by atoms with Crippen molar-refractivity contribution in [2.45, 2.75) is 64.3 Å². The first kappa shape index (κ1) is 14.9. The van der Waals surface area contributed by atoms with E-state index in [9.17, 15) is 0 Å². The van der Waals surface area contributed by atoms with Gasteiger partial charge in [-0.15, -0.1) is 11.6 Å². The van der Waals surface area contributed by atoms with Crippen LogP contribution in [0.4, 0.5) is 0 Å². The van der Waals surface area contributed by atoms with Gasteiger partial charge in [-0.3, -0.25) is 4.68 Å². The Morgan fingerprint density at radius 2 is 2.05 bits per heavy atom. The van der Waals surface area contributed by atoms with Crippen molar-refractivity contribution in [3.63, 3.8) is 0 Å². The molecule has 0 amide bonds. The van der Waals surface area contributed by atoms with Crippen LogP contribution in [-0.4, -0.2) is 19.3 Å². The highest BCUT2D eigenvalue weighted by Crippen LogP contribution is 2.39. The van der Waals surface area contributed by atoms with E-state index < -0.39 is 0 Å². The first-order chi connectivity index (χ1) is 10.0. The van der Waals surface area contributed by atoms with Crippen LogP contribution in [0.2, 0.25) is 0 Å². The Bertz CT molecular complexity index is 640. The van der Waals surface area contributed by atoms with Crippen LogP contribution in [0, 0.1) is 5.92 Å². The number of hydrogen-bond donors (Lipinski definition) is 0. The second-order valence-electron chi connectivity index (χ2n) is 6.38. The minimum Gasteiger partial charge on any atom is -0.308 e. The number of alkyl halides is 1. The van der Waals surface area contributed by atoms with Gasteiger partial charge < -0.3 is 4.57 Å². The molecule has 0 aliphatic heterocycles. The molecule has 3 atom stereocenters. The molecule has 1 aliphatic rings. The van der Waals surface area contributed by atoms with E-state index in [2.05, 4.69) is 23.5 Å². The fourth-order valence-electron chi connectivity index (χ4n) is 3.75. The minimum absolute atomic E-state index is 0.0729. The van der Waals surface area contributed by atoms with Crippen molar-refractivity contribution in [2.24, 2.45) is 13.0 Å². The third-order valence-electron chi connectivity index (χ3n) is 4.85. The van der Waals surface area contributed by atoms with E-state index in [1.807, 2.05) is 18.7 Å². The molecule has 21 heavy (non-hydrogen) atoms. The summed E-state index contributed by atoms with van der Waals surface area (Å²) in [6.07, 6.45) is 6.05. The first-order valence-corrected chi connectivity index (χ1v) is 8.56. The average molecular weight is 309 g/mol. The van der Waals surface area contributed by atoms with Crippen LogP contribution < -0.4 is 0 Å². The molecule has 2 aromatic heterocycles. The summed E-state index contributed by atoms with van der Waals surface area (Å²) in [7, 11) is 2.02. The first-order valence-electron chi connectivity index (χ1n) is 8.12. The highest BCUT2D eigenvalue weighted by molar-refractivity contribution is 6.20. The molecule has 2 aromatic rings. The predicted octanol–water partition coefficient (Wildman–Crippen LogP) is 4.38. The zero-order valence-corrected chi connectivity index (χ0v) is 14.2. The van der Waals surface area contributed by atoms with Gasteiger partial charge >= 0.3 is 0 Å². The summed E-state index contributed by atoms with van der Waals surface area (Å²) < 4.78 is 4.38. The lowest BCUT2D eigenvalue weighted by molar-refractivity contribution is 0.255. The Morgan fingerprint density at radius 1 is 1.33 bits per heavy atom. The fraction of sp³-hybridized carbons (Fsp3) is 0.750. The maximum Gasteiger partial charge on any atom is 0.158 e. The maximum atomic E-state index is 6.44. The van der Waals surface area contributed by atoms with Gasteiger partial charge in [-0.05, 0) is 32.1 Å². The Morgan fingerprint density at radius 3 is 2.67 bits per heavy atom. The summed E-state index contributed by atoms with van der Waals surface area (Å²) in [5.41, 5.74) is 3.27. The molecule has 3 unspecified atom stereocenters.